The fourth-order valence-electron chi connectivity index (χ4n) is 3.40. The summed E-state index contributed by atoms with van der Waals surface area (Å²) in [7, 11) is 0. The molecule has 0 heterocycles. The molecule has 0 radical (unpaired) electrons. The molecule has 160 valence electrons. The number of phenolic OH excluding ortho intramolecular Hbond substituents is 1. The van der Waals surface area contributed by atoms with Crippen molar-refractivity contribution in [2.75, 3.05) is 17.2 Å². The van der Waals surface area contributed by atoms with E-state index >= 15 is 0 Å². The quantitative estimate of drug-likeness (QED) is 0.373. The lowest BCUT2D eigenvalue weighted by Gasteiger charge is -2.13. The van der Waals surface area contributed by atoms with Crippen LogP contribution >= 0.6 is 0 Å². The van der Waals surface area contributed by atoms with Gasteiger partial charge in [0, 0.05) is 22.3 Å². The van der Waals surface area contributed by atoms with Gasteiger partial charge in [-0.05, 0) is 66.4 Å². The summed E-state index contributed by atoms with van der Waals surface area (Å²) in [6.07, 6.45) is 0. The van der Waals surface area contributed by atoms with Crippen molar-refractivity contribution in [1.82, 2.24) is 0 Å². The van der Waals surface area contributed by atoms with Gasteiger partial charge in [-0.2, -0.15) is 0 Å². The fraction of sp³-hybridized carbons (Fsp3) is 0.0769. The number of phenols is 1. The molecule has 0 aliphatic rings. The highest BCUT2D eigenvalue weighted by molar-refractivity contribution is 6.14. The molecule has 0 unspecified atom stereocenters. The molecule has 4 aromatic rings. The lowest BCUT2D eigenvalue weighted by atomic mass is 10.0. The van der Waals surface area contributed by atoms with Gasteiger partial charge in [-0.25, -0.2) is 0 Å². The summed E-state index contributed by atoms with van der Waals surface area (Å²) in [6, 6.07) is 24.6. The Morgan fingerprint density at radius 3 is 2.31 bits per heavy atom. The van der Waals surface area contributed by atoms with Crippen LogP contribution < -0.4 is 15.4 Å². The molecule has 0 atom stereocenters. The topological polar surface area (TPSA) is 87.7 Å². The first-order valence-electron chi connectivity index (χ1n) is 10.1. The molecule has 0 fully saturated rings. The van der Waals surface area contributed by atoms with Crippen LogP contribution in [0.5, 0.6) is 11.5 Å². The van der Waals surface area contributed by atoms with E-state index in [0.717, 1.165) is 22.0 Å². The van der Waals surface area contributed by atoms with Crippen molar-refractivity contribution in [3.8, 4) is 11.5 Å². The molecule has 0 aliphatic heterocycles. The molecular formula is C26H22N2O4. The second-order valence-electron chi connectivity index (χ2n) is 7.36. The molecular weight excluding hydrogens is 404 g/mol. The Morgan fingerprint density at radius 1 is 0.812 bits per heavy atom. The minimum atomic E-state index is -0.332. The number of carbonyl (C=O) groups excluding carboxylic acids is 2. The van der Waals surface area contributed by atoms with E-state index in [1.54, 1.807) is 24.3 Å². The predicted molar refractivity (Wildman–Crippen MR) is 125 cm³/mol. The number of amides is 2. The van der Waals surface area contributed by atoms with Gasteiger partial charge in [-0.15, -0.1) is 0 Å². The third kappa shape index (κ3) is 4.87. The van der Waals surface area contributed by atoms with E-state index in [-0.39, 0.29) is 24.2 Å². The molecule has 0 aliphatic carbocycles. The number of hydrogen-bond donors (Lipinski definition) is 3. The summed E-state index contributed by atoms with van der Waals surface area (Å²) in [4.78, 5) is 25.2. The Hall–Kier alpha value is -4.32. The Bertz CT molecular complexity index is 1280. The number of rotatable bonds is 6. The standard InChI is InChI=1S/C26H22N2O4/c1-17-5-4-6-19(15-17)28-26(31)23-13-14-24(22-8-3-2-7-21(22)23)32-16-25(30)27-18-9-11-20(29)12-10-18/h2-15,29H,16H2,1H3,(H,27,30)(H,28,31). The Balaban J connectivity index is 1.50. The van der Waals surface area contributed by atoms with Gasteiger partial charge in [-0.1, -0.05) is 36.4 Å². The first kappa shape index (κ1) is 20.9. The van der Waals surface area contributed by atoms with E-state index in [0.29, 0.717) is 17.0 Å². The number of hydrogen-bond acceptors (Lipinski definition) is 4. The first-order valence-corrected chi connectivity index (χ1v) is 10.1. The second kappa shape index (κ2) is 9.22. The van der Waals surface area contributed by atoms with E-state index in [1.165, 1.54) is 12.1 Å². The van der Waals surface area contributed by atoms with Crippen LogP contribution in [0.2, 0.25) is 0 Å². The van der Waals surface area contributed by atoms with Crippen LogP contribution in [0, 0.1) is 6.92 Å². The Labute approximate surface area is 185 Å². The number of aromatic hydroxyl groups is 1. The van der Waals surface area contributed by atoms with Gasteiger partial charge < -0.3 is 20.5 Å². The van der Waals surface area contributed by atoms with Crippen molar-refractivity contribution in [2.45, 2.75) is 6.92 Å². The molecule has 0 saturated carbocycles. The lowest BCUT2D eigenvalue weighted by molar-refractivity contribution is -0.118. The zero-order chi connectivity index (χ0) is 22.5. The molecule has 4 aromatic carbocycles. The maximum atomic E-state index is 12.9. The number of ether oxygens (including phenoxy) is 1. The van der Waals surface area contributed by atoms with Crippen LogP contribution in [0.15, 0.2) is 84.9 Å². The van der Waals surface area contributed by atoms with Crippen LogP contribution in [0.25, 0.3) is 10.8 Å². The van der Waals surface area contributed by atoms with Gasteiger partial charge in [0.05, 0.1) is 0 Å². The zero-order valence-corrected chi connectivity index (χ0v) is 17.5. The largest absolute Gasteiger partial charge is 0.508 e. The summed E-state index contributed by atoms with van der Waals surface area (Å²) < 4.78 is 5.75. The number of carbonyl (C=O) groups is 2. The molecule has 4 rings (SSSR count). The third-order valence-corrected chi connectivity index (χ3v) is 4.91. The number of nitrogens with one attached hydrogen (secondary N) is 2. The van der Waals surface area contributed by atoms with Gasteiger partial charge in [-0.3, -0.25) is 9.59 Å². The molecule has 6 heteroatoms. The van der Waals surface area contributed by atoms with E-state index in [1.807, 2.05) is 55.5 Å². The predicted octanol–water partition coefficient (Wildman–Crippen LogP) is 5.12. The molecule has 0 bridgehead atoms. The maximum absolute atomic E-state index is 12.9. The summed E-state index contributed by atoms with van der Waals surface area (Å²) in [5.74, 6) is 0.0790. The van der Waals surface area contributed by atoms with Crippen LogP contribution in [0.4, 0.5) is 11.4 Å². The van der Waals surface area contributed by atoms with Crippen molar-refractivity contribution < 1.29 is 19.4 Å². The lowest BCUT2D eigenvalue weighted by Crippen LogP contribution is -2.20. The molecule has 2 amide bonds. The van der Waals surface area contributed by atoms with E-state index < -0.39 is 0 Å². The van der Waals surface area contributed by atoms with Crippen LogP contribution in [-0.4, -0.2) is 23.5 Å². The number of aryl methyl sites for hydroxylation is 1. The third-order valence-electron chi connectivity index (χ3n) is 4.91. The summed E-state index contributed by atoms with van der Waals surface area (Å²) >= 11 is 0. The van der Waals surface area contributed by atoms with Crippen molar-refractivity contribution in [1.29, 1.82) is 0 Å². The smallest absolute Gasteiger partial charge is 0.262 e. The minimum absolute atomic E-state index is 0.122. The summed E-state index contributed by atoms with van der Waals surface area (Å²) in [5, 5.41) is 16.4. The highest BCUT2D eigenvalue weighted by atomic mass is 16.5. The second-order valence-corrected chi connectivity index (χ2v) is 7.36. The highest BCUT2D eigenvalue weighted by Crippen LogP contribution is 2.29. The van der Waals surface area contributed by atoms with Gasteiger partial charge >= 0.3 is 0 Å². The first-order chi connectivity index (χ1) is 15.5. The van der Waals surface area contributed by atoms with Gasteiger partial charge in [0.25, 0.3) is 11.8 Å². The Morgan fingerprint density at radius 2 is 1.56 bits per heavy atom. The van der Waals surface area contributed by atoms with Gasteiger partial charge in [0.15, 0.2) is 6.61 Å². The molecule has 0 spiro atoms. The van der Waals surface area contributed by atoms with Crippen molar-refractivity contribution in [3.63, 3.8) is 0 Å². The number of benzene rings is 4. The number of anilines is 2. The summed E-state index contributed by atoms with van der Waals surface area (Å²) in [6.45, 7) is 1.77. The average molecular weight is 426 g/mol. The molecule has 0 saturated heterocycles. The average Bonchev–Trinajstić information content (AvgIpc) is 2.79. The Kier molecular flexibility index (Phi) is 6.03. The van der Waals surface area contributed by atoms with E-state index in [9.17, 15) is 14.7 Å². The van der Waals surface area contributed by atoms with Gasteiger partial charge in [0.1, 0.15) is 11.5 Å². The number of fused-ring (bicyclic) bond motifs is 1. The monoisotopic (exact) mass is 426 g/mol. The normalized spacial score (nSPS) is 10.5. The minimum Gasteiger partial charge on any atom is -0.508 e. The van der Waals surface area contributed by atoms with Crippen LogP contribution in [0.3, 0.4) is 0 Å². The van der Waals surface area contributed by atoms with Crippen molar-refractivity contribution in [3.05, 3.63) is 96.1 Å². The van der Waals surface area contributed by atoms with E-state index in [4.69, 9.17) is 4.74 Å². The van der Waals surface area contributed by atoms with E-state index in [2.05, 4.69) is 10.6 Å². The summed E-state index contributed by atoms with van der Waals surface area (Å²) in [5.41, 5.74) is 2.86. The molecule has 6 nitrogen and oxygen atoms in total. The van der Waals surface area contributed by atoms with Crippen molar-refractivity contribution >= 4 is 34.0 Å². The zero-order valence-electron chi connectivity index (χ0n) is 17.5. The van der Waals surface area contributed by atoms with Gasteiger partial charge in [0.2, 0.25) is 0 Å². The van der Waals surface area contributed by atoms with Crippen LogP contribution in [-0.2, 0) is 4.79 Å². The van der Waals surface area contributed by atoms with Crippen molar-refractivity contribution in [2.24, 2.45) is 0 Å². The SMILES string of the molecule is Cc1cccc(NC(=O)c2ccc(OCC(=O)Nc3ccc(O)cc3)c3ccccc23)c1. The maximum Gasteiger partial charge on any atom is 0.262 e. The van der Waals surface area contributed by atoms with Crippen LogP contribution in [0.1, 0.15) is 15.9 Å². The fourth-order valence-corrected chi connectivity index (χ4v) is 3.40. The molecule has 3 N–H and O–H groups in total. The highest BCUT2D eigenvalue weighted by Gasteiger charge is 2.14. The molecule has 32 heavy (non-hydrogen) atoms. The molecule has 0 aromatic heterocycles.